The first-order valence-electron chi connectivity index (χ1n) is 5.82. The van der Waals surface area contributed by atoms with Crippen molar-refractivity contribution < 1.29 is 4.79 Å². The van der Waals surface area contributed by atoms with Gasteiger partial charge in [0, 0.05) is 23.0 Å². The molecule has 0 radical (unpaired) electrons. The fourth-order valence-corrected chi connectivity index (χ4v) is 2.56. The minimum absolute atomic E-state index is 0.153. The van der Waals surface area contributed by atoms with E-state index in [2.05, 4.69) is 19.6 Å². The molecule has 0 saturated carbocycles. The zero-order valence-electron chi connectivity index (χ0n) is 9.52. The molecule has 1 fully saturated rings. The van der Waals surface area contributed by atoms with E-state index in [-0.39, 0.29) is 5.91 Å². The Morgan fingerprint density at radius 2 is 2.38 bits per heavy atom. The molecule has 1 unspecified atom stereocenters. The summed E-state index contributed by atoms with van der Waals surface area (Å²) in [6.07, 6.45) is 3.32. The number of hydrogen-bond acceptors (Lipinski definition) is 2. The third kappa shape index (κ3) is 2.24. The molecule has 1 aromatic rings. The van der Waals surface area contributed by atoms with Crippen molar-refractivity contribution in [2.45, 2.75) is 37.1 Å². The van der Waals surface area contributed by atoms with E-state index < -0.39 is 0 Å². The van der Waals surface area contributed by atoms with Gasteiger partial charge in [-0.05, 0) is 37.5 Å². The van der Waals surface area contributed by atoms with E-state index in [1.54, 1.807) is 0 Å². The second-order valence-electron chi connectivity index (χ2n) is 4.25. The van der Waals surface area contributed by atoms with Gasteiger partial charge in [-0.1, -0.05) is 13.0 Å². The monoisotopic (exact) mass is 235 g/mol. The zero-order valence-corrected chi connectivity index (χ0v) is 10.4. The Labute approximate surface area is 102 Å². The topological polar surface area (TPSA) is 20.3 Å². The maximum Gasteiger partial charge on any atom is 0.254 e. The van der Waals surface area contributed by atoms with Crippen LogP contribution in [0.5, 0.6) is 0 Å². The van der Waals surface area contributed by atoms with Crippen molar-refractivity contribution >= 4 is 18.5 Å². The zero-order chi connectivity index (χ0) is 11.5. The Morgan fingerprint density at radius 1 is 1.56 bits per heavy atom. The van der Waals surface area contributed by atoms with Crippen LogP contribution in [0.25, 0.3) is 0 Å². The van der Waals surface area contributed by atoms with Gasteiger partial charge in [0.2, 0.25) is 0 Å². The van der Waals surface area contributed by atoms with Crippen molar-refractivity contribution in [2.24, 2.45) is 0 Å². The molecule has 1 atom stereocenters. The molecule has 1 amide bonds. The van der Waals surface area contributed by atoms with Crippen LogP contribution >= 0.6 is 12.6 Å². The summed E-state index contributed by atoms with van der Waals surface area (Å²) in [6.45, 7) is 3.04. The van der Waals surface area contributed by atoms with Crippen molar-refractivity contribution in [3.8, 4) is 0 Å². The lowest BCUT2D eigenvalue weighted by atomic mass is 10.1. The molecular weight excluding hydrogens is 218 g/mol. The molecule has 86 valence electrons. The molecule has 16 heavy (non-hydrogen) atoms. The first-order valence-corrected chi connectivity index (χ1v) is 6.27. The van der Waals surface area contributed by atoms with Crippen molar-refractivity contribution in [3.05, 3.63) is 29.8 Å². The van der Waals surface area contributed by atoms with Crippen LogP contribution in [0.3, 0.4) is 0 Å². The first-order chi connectivity index (χ1) is 7.72. The number of amides is 1. The summed E-state index contributed by atoms with van der Waals surface area (Å²) in [6, 6.07) is 7.91. The summed E-state index contributed by atoms with van der Waals surface area (Å²) in [5.74, 6) is 0.153. The molecule has 0 aromatic heterocycles. The van der Waals surface area contributed by atoms with Gasteiger partial charge in [0.05, 0.1) is 0 Å². The lowest BCUT2D eigenvalue weighted by Gasteiger charge is -2.23. The van der Waals surface area contributed by atoms with Gasteiger partial charge >= 0.3 is 0 Å². The van der Waals surface area contributed by atoms with Crippen LogP contribution in [0.1, 0.15) is 36.5 Å². The van der Waals surface area contributed by atoms with E-state index in [0.29, 0.717) is 6.04 Å². The van der Waals surface area contributed by atoms with Crippen molar-refractivity contribution in [1.29, 1.82) is 0 Å². The van der Waals surface area contributed by atoms with E-state index in [1.807, 2.05) is 29.2 Å². The molecule has 0 spiro atoms. The van der Waals surface area contributed by atoms with Crippen LogP contribution in [-0.4, -0.2) is 23.4 Å². The second kappa shape index (κ2) is 4.91. The number of carbonyl (C=O) groups is 1. The van der Waals surface area contributed by atoms with Crippen LogP contribution in [0.4, 0.5) is 0 Å². The SMILES string of the molecule is CCC1CCCN1C(=O)c1cccc(S)c1. The fourth-order valence-electron chi connectivity index (χ4n) is 2.33. The number of thiol groups is 1. The van der Waals surface area contributed by atoms with E-state index >= 15 is 0 Å². The molecule has 1 aliphatic heterocycles. The minimum atomic E-state index is 0.153. The molecule has 0 aliphatic carbocycles. The molecule has 0 N–H and O–H groups in total. The maximum atomic E-state index is 12.3. The third-order valence-corrected chi connectivity index (χ3v) is 3.48. The van der Waals surface area contributed by atoms with Gasteiger partial charge in [-0.25, -0.2) is 0 Å². The van der Waals surface area contributed by atoms with Crippen LogP contribution < -0.4 is 0 Å². The van der Waals surface area contributed by atoms with E-state index in [4.69, 9.17) is 0 Å². The van der Waals surface area contributed by atoms with Gasteiger partial charge in [0.1, 0.15) is 0 Å². The quantitative estimate of drug-likeness (QED) is 0.781. The number of benzene rings is 1. The number of likely N-dealkylation sites (tertiary alicyclic amines) is 1. The van der Waals surface area contributed by atoms with E-state index in [1.165, 1.54) is 0 Å². The number of rotatable bonds is 2. The molecule has 0 bridgehead atoms. The highest BCUT2D eigenvalue weighted by Gasteiger charge is 2.27. The molecular formula is C13H17NOS. The summed E-state index contributed by atoms with van der Waals surface area (Å²) in [5.41, 5.74) is 0.757. The van der Waals surface area contributed by atoms with Crippen molar-refractivity contribution in [3.63, 3.8) is 0 Å². The molecule has 3 heteroatoms. The Bertz CT molecular complexity index is 391. The largest absolute Gasteiger partial charge is 0.336 e. The smallest absolute Gasteiger partial charge is 0.254 e. The summed E-state index contributed by atoms with van der Waals surface area (Å²) in [4.78, 5) is 15.1. The number of hydrogen-bond donors (Lipinski definition) is 1. The Kier molecular flexibility index (Phi) is 3.54. The Morgan fingerprint density at radius 3 is 3.06 bits per heavy atom. The molecule has 1 heterocycles. The Hall–Kier alpha value is -0.960. The van der Waals surface area contributed by atoms with Gasteiger partial charge < -0.3 is 4.90 Å². The first kappa shape index (κ1) is 11.5. The summed E-state index contributed by atoms with van der Waals surface area (Å²) >= 11 is 4.27. The van der Waals surface area contributed by atoms with Gasteiger partial charge in [-0.2, -0.15) is 0 Å². The lowest BCUT2D eigenvalue weighted by Crippen LogP contribution is -2.35. The molecule has 2 nitrogen and oxygen atoms in total. The highest BCUT2D eigenvalue weighted by Crippen LogP contribution is 2.22. The van der Waals surface area contributed by atoms with Crippen molar-refractivity contribution in [2.75, 3.05) is 6.54 Å². The molecule has 2 rings (SSSR count). The minimum Gasteiger partial charge on any atom is -0.336 e. The van der Waals surface area contributed by atoms with Crippen LogP contribution in [0, 0.1) is 0 Å². The standard InChI is InChI=1S/C13H17NOS/c1-2-11-6-4-8-14(11)13(15)10-5-3-7-12(16)9-10/h3,5,7,9,11,16H,2,4,6,8H2,1H3. The van der Waals surface area contributed by atoms with E-state index in [0.717, 1.165) is 36.3 Å². The average molecular weight is 235 g/mol. The fraction of sp³-hybridized carbons (Fsp3) is 0.462. The highest BCUT2D eigenvalue weighted by molar-refractivity contribution is 7.80. The number of nitrogens with zero attached hydrogens (tertiary/aromatic N) is 1. The Balaban J connectivity index is 2.18. The second-order valence-corrected chi connectivity index (χ2v) is 4.77. The van der Waals surface area contributed by atoms with Crippen molar-refractivity contribution in [1.82, 2.24) is 4.90 Å². The summed E-state index contributed by atoms with van der Waals surface area (Å²) in [7, 11) is 0. The van der Waals surface area contributed by atoms with Gasteiger partial charge in [-0.3, -0.25) is 4.79 Å². The van der Waals surface area contributed by atoms with Crippen LogP contribution in [0.15, 0.2) is 29.2 Å². The lowest BCUT2D eigenvalue weighted by molar-refractivity contribution is 0.0733. The average Bonchev–Trinajstić information content (AvgIpc) is 2.76. The maximum absolute atomic E-state index is 12.3. The predicted octanol–water partition coefficient (Wildman–Crippen LogP) is 2.99. The molecule has 1 saturated heterocycles. The normalized spacial score (nSPS) is 20.1. The third-order valence-electron chi connectivity index (χ3n) is 3.20. The summed E-state index contributed by atoms with van der Waals surface area (Å²) < 4.78 is 0. The summed E-state index contributed by atoms with van der Waals surface area (Å²) in [5, 5.41) is 0. The molecule has 1 aliphatic rings. The highest BCUT2D eigenvalue weighted by atomic mass is 32.1. The van der Waals surface area contributed by atoms with Crippen LogP contribution in [-0.2, 0) is 0 Å². The predicted molar refractivity (Wildman–Crippen MR) is 68.0 cm³/mol. The van der Waals surface area contributed by atoms with Gasteiger partial charge in [0.15, 0.2) is 0 Å². The van der Waals surface area contributed by atoms with E-state index in [9.17, 15) is 4.79 Å². The number of carbonyl (C=O) groups excluding carboxylic acids is 1. The van der Waals surface area contributed by atoms with Crippen LogP contribution in [0.2, 0.25) is 0 Å². The van der Waals surface area contributed by atoms with Gasteiger partial charge in [-0.15, -0.1) is 12.6 Å². The van der Waals surface area contributed by atoms with Gasteiger partial charge in [0.25, 0.3) is 5.91 Å². The molecule has 1 aromatic carbocycles.